The smallest absolute Gasteiger partial charge is 0.211 e. The Hall–Kier alpha value is 0.390. The van der Waals surface area contributed by atoms with Crippen LogP contribution in [0.1, 0.15) is 39.0 Å². The summed E-state index contributed by atoms with van der Waals surface area (Å²) in [5.74, 6) is 0.264. The third kappa shape index (κ3) is 3.87. The molecule has 0 aromatic carbocycles. The highest BCUT2D eigenvalue weighted by atomic mass is 79.9. The monoisotopic (exact) mass is 283 g/mol. The van der Waals surface area contributed by atoms with Gasteiger partial charge in [-0.15, -0.1) is 0 Å². The second kappa shape index (κ2) is 5.47. The summed E-state index contributed by atoms with van der Waals surface area (Å²) < 4.78 is 25.9. The Morgan fingerprint density at radius 2 is 2.14 bits per heavy atom. The summed E-state index contributed by atoms with van der Waals surface area (Å²) in [5.41, 5.74) is 0. The summed E-state index contributed by atoms with van der Waals surface area (Å²) in [6, 6.07) is 0.108. The largest absolute Gasteiger partial charge is 0.212 e. The molecule has 0 spiro atoms. The molecule has 1 rings (SSSR count). The molecule has 1 N–H and O–H groups in total. The van der Waals surface area contributed by atoms with Gasteiger partial charge in [0.25, 0.3) is 0 Å². The van der Waals surface area contributed by atoms with Crippen molar-refractivity contribution in [3.8, 4) is 0 Å². The minimum atomic E-state index is -3.04. The third-order valence-electron chi connectivity index (χ3n) is 2.53. The highest BCUT2D eigenvalue weighted by molar-refractivity contribution is 9.09. The first-order valence-corrected chi connectivity index (χ1v) is 7.76. The Morgan fingerprint density at radius 3 is 2.64 bits per heavy atom. The van der Waals surface area contributed by atoms with E-state index >= 15 is 0 Å². The van der Waals surface area contributed by atoms with Crippen LogP contribution < -0.4 is 4.72 Å². The van der Waals surface area contributed by atoms with Crippen molar-refractivity contribution < 1.29 is 8.42 Å². The average molecular weight is 284 g/mol. The zero-order chi connectivity index (χ0) is 10.6. The third-order valence-corrected chi connectivity index (χ3v) is 5.11. The second-order valence-electron chi connectivity index (χ2n) is 3.84. The van der Waals surface area contributed by atoms with Gasteiger partial charge >= 0.3 is 0 Å². The van der Waals surface area contributed by atoms with Crippen molar-refractivity contribution in [2.75, 3.05) is 5.75 Å². The Kier molecular flexibility index (Phi) is 4.87. The standard InChI is InChI=1S/C9H18BrNO2S/c1-2-3-7-14(12,13)11-9-6-4-5-8(9)10/h8-9,11H,2-7H2,1H3. The Morgan fingerprint density at radius 1 is 1.43 bits per heavy atom. The molecule has 0 radical (unpaired) electrons. The molecule has 1 aliphatic carbocycles. The number of halogens is 1. The molecular formula is C9H18BrNO2S. The zero-order valence-electron chi connectivity index (χ0n) is 8.50. The molecule has 5 heteroatoms. The van der Waals surface area contributed by atoms with Crippen LogP contribution in [0, 0.1) is 0 Å². The molecule has 3 nitrogen and oxygen atoms in total. The van der Waals surface area contributed by atoms with Crippen molar-refractivity contribution in [2.45, 2.75) is 49.9 Å². The SMILES string of the molecule is CCCCS(=O)(=O)NC1CCCC1Br. The quantitative estimate of drug-likeness (QED) is 0.785. The highest BCUT2D eigenvalue weighted by Crippen LogP contribution is 2.26. The van der Waals surface area contributed by atoms with E-state index in [0.717, 1.165) is 32.1 Å². The van der Waals surface area contributed by atoms with Crippen molar-refractivity contribution in [3.05, 3.63) is 0 Å². The molecule has 0 saturated heterocycles. The number of hydrogen-bond donors (Lipinski definition) is 1. The summed E-state index contributed by atoms with van der Waals surface area (Å²) in [4.78, 5) is 0.318. The Labute approximate surface area is 94.8 Å². The van der Waals surface area contributed by atoms with Crippen LogP contribution in [0.3, 0.4) is 0 Å². The van der Waals surface area contributed by atoms with Gasteiger partial charge in [0.2, 0.25) is 10.0 Å². The van der Waals surface area contributed by atoms with Gasteiger partial charge in [-0.1, -0.05) is 35.7 Å². The molecule has 14 heavy (non-hydrogen) atoms. The van der Waals surface area contributed by atoms with Crippen molar-refractivity contribution in [1.82, 2.24) is 4.72 Å². The molecule has 84 valence electrons. The highest BCUT2D eigenvalue weighted by Gasteiger charge is 2.28. The molecule has 1 fully saturated rings. The average Bonchev–Trinajstić information content (AvgIpc) is 2.48. The molecule has 0 bridgehead atoms. The summed E-state index contributed by atoms with van der Waals surface area (Å²) in [6.45, 7) is 2.00. The van der Waals surface area contributed by atoms with E-state index in [9.17, 15) is 8.42 Å². The summed E-state index contributed by atoms with van der Waals surface area (Å²) in [5, 5.41) is 0. The van der Waals surface area contributed by atoms with Crippen LogP contribution in [0.4, 0.5) is 0 Å². The number of unbranched alkanes of at least 4 members (excludes halogenated alkanes) is 1. The van der Waals surface area contributed by atoms with E-state index in [1.165, 1.54) is 0 Å². The molecule has 1 saturated carbocycles. The van der Waals surface area contributed by atoms with Gasteiger partial charge in [0.05, 0.1) is 5.75 Å². The molecule has 2 unspecified atom stereocenters. The lowest BCUT2D eigenvalue weighted by Gasteiger charge is -2.15. The fourth-order valence-electron chi connectivity index (χ4n) is 1.67. The lowest BCUT2D eigenvalue weighted by molar-refractivity contribution is 0.553. The number of alkyl halides is 1. The number of nitrogens with one attached hydrogen (secondary N) is 1. The maximum Gasteiger partial charge on any atom is 0.211 e. The molecule has 2 atom stereocenters. The van der Waals surface area contributed by atoms with Crippen molar-refractivity contribution in [2.24, 2.45) is 0 Å². The Balaban J connectivity index is 2.42. The minimum absolute atomic E-state index is 0.108. The van der Waals surface area contributed by atoms with Gasteiger partial charge < -0.3 is 0 Å². The molecule has 1 aliphatic rings. The lowest BCUT2D eigenvalue weighted by atomic mass is 10.3. The van der Waals surface area contributed by atoms with Gasteiger partial charge in [0.15, 0.2) is 0 Å². The van der Waals surface area contributed by atoms with Gasteiger partial charge in [-0.2, -0.15) is 0 Å². The maximum atomic E-state index is 11.6. The van der Waals surface area contributed by atoms with E-state index < -0.39 is 10.0 Å². The fourth-order valence-corrected chi connectivity index (χ4v) is 4.10. The van der Waals surface area contributed by atoms with Gasteiger partial charge in [-0.25, -0.2) is 13.1 Å². The molecule has 0 amide bonds. The molecular weight excluding hydrogens is 266 g/mol. The van der Waals surface area contributed by atoms with Gasteiger partial charge in [0, 0.05) is 10.9 Å². The van der Waals surface area contributed by atoms with Crippen molar-refractivity contribution >= 4 is 26.0 Å². The zero-order valence-corrected chi connectivity index (χ0v) is 10.9. The van der Waals surface area contributed by atoms with Crippen LogP contribution in [0.15, 0.2) is 0 Å². The fraction of sp³-hybridized carbons (Fsp3) is 1.00. The van der Waals surface area contributed by atoms with Gasteiger partial charge in [0.1, 0.15) is 0 Å². The second-order valence-corrected chi connectivity index (χ2v) is 6.89. The van der Waals surface area contributed by atoms with Crippen molar-refractivity contribution in [3.63, 3.8) is 0 Å². The maximum absolute atomic E-state index is 11.6. The van der Waals surface area contributed by atoms with Crippen LogP contribution in [-0.4, -0.2) is 25.0 Å². The van der Waals surface area contributed by atoms with Crippen LogP contribution in [0.2, 0.25) is 0 Å². The van der Waals surface area contributed by atoms with E-state index in [2.05, 4.69) is 20.7 Å². The molecule has 0 aliphatic heterocycles. The normalized spacial score (nSPS) is 28.1. The van der Waals surface area contributed by atoms with Crippen LogP contribution in [0.25, 0.3) is 0 Å². The first-order chi connectivity index (χ1) is 6.55. The van der Waals surface area contributed by atoms with E-state index in [1.807, 2.05) is 6.92 Å². The minimum Gasteiger partial charge on any atom is -0.212 e. The van der Waals surface area contributed by atoms with Crippen LogP contribution in [-0.2, 0) is 10.0 Å². The van der Waals surface area contributed by atoms with Crippen molar-refractivity contribution in [1.29, 1.82) is 0 Å². The van der Waals surface area contributed by atoms with E-state index in [0.29, 0.717) is 4.83 Å². The van der Waals surface area contributed by atoms with E-state index in [1.54, 1.807) is 0 Å². The van der Waals surface area contributed by atoms with E-state index in [-0.39, 0.29) is 11.8 Å². The molecule has 0 aromatic rings. The predicted octanol–water partition coefficient (Wildman–Crippen LogP) is 2.02. The van der Waals surface area contributed by atoms with E-state index in [4.69, 9.17) is 0 Å². The summed E-state index contributed by atoms with van der Waals surface area (Å²) in [6.07, 6.45) is 4.80. The van der Waals surface area contributed by atoms with Gasteiger partial charge in [-0.05, 0) is 19.3 Å². The lowest BCUT2D eigenvalue weighted by Crippen LogP contribution is -2.38. The summed E-state index contributed by atoms with van der Waals surface area (Å²) in [7, 11) is -3.04. The molecule has 0 aromatic heterocycles. The first kappa shape index (κ1) is 12.5. The predicted molar refractivity (Wildman–Crippen MR) is 62.2 cm³/mol. The number of rotatable bonds is 5. The topological polar surface area (TPSA) is 46.2 Å². The number of hydrogen-bond acceptors (Lipinski definition) is 2. The van der Waals surface area contributed by atoms with Crippen LogP contribution in [0.5, 0.6) is 0 Å². The van der Waals surface area contributed by atoms with Gasteiger partial charge in [-0.3, -0.25) is 0 Å². The number of sulfonamides is 1. The van der Waals surface area contributed by atoms with Crippen LogP contribution >= 0.6 is 15.9 Å². The molecule has 0 heterocycles. The summed E-state index contributed by atoms with van der Waals surface area (Å²) >= 11 is 3.50. The first-order valence-electron chi connectivity index (χ1n) is 5.19. The Bertz CT molecular complexity index is 266.